The van der Waals surface area contributed by atoms with Gasteiger partial charge in [-0.1, -0.05) is 32.1 Å². The van der Waals surface area contributed by atoms with Crippen LogP contribution in [0.2, 0.25) is 0 Å². The predicted octanol–water partition coefficient (Wildman–Crippen LogP) is 3.42. The van der Waals surface area contributed by atoms with Crippen LogP contribution in [0.4, 0.5) is 5.13 Å². The largest absolute Gasteiger partial charge is 0.375 e. The van der Waals surface area contributed by atoms with Gasteiger partial charge < -0.3 is 10.6 Å². The Balaban J connectivity index is 1.64. The van der Waals surface area contributed by atoms with Gasteiger partial charge in [0.25, 0.3) is 0 Å². The average molecular weight is 332 g/mol. The van der Waals surface area contributed by atoms with Crippen LogP contribution in [0.25, 0.3) is 10.3 Å². The number of pyridine rings is 1. The minimum atomic E-state index is 0.0467. The van der Waals surface area contributed by atoms with Gasteiger partial charge in [0.05, 0.1) is 4.70 Å². The second-order valence-electron chi connectivity index (χ2n) is 7.50. The topological polar surface area (TPSA) is 72.1 Å². The Hall–Kier alpha value is -1.69. The molecule has 3 heterocycles. The fraction of sp³-hybridized carbons (Fsp3) is 0.588. The van der Waals surface area contributed by atoms with Crippen molar-refractivity contribution in [2.24, 2.45) is 5.41 Å². The standard InChI is InChI=1S/C17H24N4OS/c1-17(2,3)10-14(22)21-8-6-11(7-9-21)12-4-5-13-15(19-12)20-16(18)23-13/h4-5,11H,6-10H2,1-3H3,(H2,18,19,20). The second kappa shape index (κ2) is 6.07. The van der Waals surface area contributed by atoms with Crippen LogP contribution in [-0.2, 0) is 4.79 Å². The highest BCUT2D eigenvalue weighted by atomic mass is 32.1. The molecule has 1 amide bonds. The number of hydrogen-bond acceptors (Lipinski definition) is 5. The first kappa shape index (κ1) is 16.2. The van der Waals surface area contributed by atoms with Gasteiger partial charge in [-0.25, -0.2) is 9.97 Å². The molecule has 124 valence electrons. The minimum Gasteiger partial charge on any atom is -0.375 e. The molecule has 0 spiro atoms. The smallest absolute Gasteiger partial charge is 0.223 e. The molecule has 3 rings (SSSR count). The summed E-state index contributed by atoms with van der Waals surface area (Å²) in [6.07, 6.45) is 2.54. The van der Waals surface area contributed by atoms with E-state index in [4.69, 9.17) is 5.73 Å². The molecule has 1 saturated heterocycles. The molecule has 0 bridgehead atoms. The molecular weight excluding hydrogens is 308 g/mol. The number of rotatable bonds is 2. The molecule has 2 aromatic rings. The van der Waals surface area contributed by atoms with E-state index in [0.717, 1.165) is 42.0 Å². The third-order valence-corrected chi connectivity index (χ3v) is 5.08. The molecule has 1 aliphatic heterocycles. The van der Waals surface area contributed by atoms with Gasteiger partial charge in [0, 0.05) is 31.1 Å². The summed E-state index contributed by atoms with van der Waals surface area (Å²) in [6, 6.07) is 4.14. The maximum atomic E-state index is 12.3. The molecule has 0 unspecified atom stereocenters. The van der Waals surface area contributed by atoms with Crippen molar-refractivity contribution in [1.82, 2.24) is 14.9 Å². The number of amides is 1. The van der Waals surface area contributed by atoms with Crippen molar-refractivity contribution in [2.75, 3.05) is 18.8 Å². The minimum absolute atomic E-state index is 0.0467. The lowest BCUT2D eigenvalue weighted by atomic mass is 9.89. The van der Waals surface area contributed by atoms with Crippen LogP contribution in [0.15, 0.2) is 12.1 Å². The summed E-state index contributed by atoms with van der Waals surface area (Å²) in [6.45, 7) is 7.96. The van der Waals surface area contributed by atoms with Crippen molar-refractivity contribution in [1.29, 1.82) is 0 Å². The van der Waals surface area contributed by atoms with Crippen LogP contribution < -0.4 is 5.73 Å². The van der Waals surface area contributed by atoms with E-state index in [1.807, 2.05) is 4.90 Å². The molecule has 5 nitrogen and oxygen atoms in total. The maximum absolute atomic E-state index is 12.3. The third kappa shape index (κ3) is 3.80. The Morgan fingerprint density at radius 1 is 1.30 bits per heavy atom. The molecule has 2 aromatic heterocycles. The lowest BCUT2D eigenvalue weighted by Gasteiger charge is -2.33. The SMILES string of the molecule is CC(C)(C)CC(=O)N1CCC(c2ccc3sc(N)nc3n2)CC1. The summed E-state index contributed by atoms with van der Waals surface area (Å²) in [7, 11) is 0. The van der Waals surface area contributed by atoms with Gasteiger partial charge in [-0.05, 0) is 30.4 Å². The summed E-state index contributed by atoms with van der Waals surface area (Å²) in [4.78, 5) is 23.3. The Bertz CT molecular complexity index is 711. The highest BCUT2D eigenvalue weighted by Gasteiger charge is 2.27. The van der Waals surface area contributed by atoms with Gasteiger partial charge in [-0.15, -0.1) is 0 Å². The number of piperidine rings is 1. The van der Waals surface area contributed by atoms with E-state index in [0.29, 0.717) is 17.5 Å². The highest BCUT2D eigenvalue weighted by molar-refractivity contribution is 7.21. The number of hydrogen-bond donors (Lipinski definition) is 1. The average Bonchev–Trinajstić information content (AvgIpc) is 2.84. The Morgan fingerprint density at radius 2 is 2.00 bits per heavy atom. The molecular formula is C17H24N4OS. The lowest BCUT2D eigenvalue weighted by Crippen LogP contribution is -2.39. The number of nitrogens with zero attached hydrogens (tertiary/aromatic N) is 3. The molecule has 0 saturated carbocycles. The number of aromatic nitrogens is 2. The van der Waals surface area contributed by atoms with Crippen LogP contribution in [-0.4, -0.2) is 33.9 Å². The number of anilines is 1. The number of carbonyl (C=O) groups is 1. The van der Waals surface area contributed by atoms with Crippen molar-refractivity contribution in [3.05, 3.63) is 17.8 Å². The van der Waals surface area contributed by atoms with Crippen LogP contribution in [0.5, 0.6) is 0 Å². The third-order valence-electron chi connectivity index (χ3n) is 4.24. The quantitative estimate of drug-likeness (QED) is 0.914. The van der Waals surface area contributed by atoms with Crippen LogP contribution in [0.1, 0.15) is 51.6 Å². The van der Waals surface area contributed by atoms with Gasteiger partial charge in [0.15, 0.2) is 10.8 Å². The monoisotopic (exact) mass is 332 g/mol. The number of nitrogen functional groups attached to an aromatic ring is 1. The Morgan fingerprint density at radius 3 is 2.65 bits per heavy atom. The van der Waals surface area contributed by atoms with Crippen LogP contribution in [0.3, 0.4) is 0 Å². The molecule has 23 heavy (non-hydrogen) atoms. The molecule has 1 aliphatic rings. The molecule has 0 aliphatic carbocycles. The summed E-state index contributed by atoms with van der Waals surface area (Å²) in [5, 5.41) is 0.562. The van der Waals surface area contributed by atoms with Gasteiger partial charge in [0.1, 0.15) is 0 Å². The first-order chi connectivity index (χ1) is 10.8. The summed E-state index contributed by atoms with van der Waals surface area (Å²) in [5.74, 6) is 0.674. The van der Waals surface area contributed by atoms with Crippen molar-refractivity contribution in [3.8, 4) is 0 Å². The van der Waals surface area contributed by atoms with Crippen LogP contribution in [0, 0.1) is 5.41 Å². The maximum Gasteiger partial charge on any atom is 0.223 e. The molecule has 2 N–H and O–H groups in total. The summed E-state index contributed by atoms with van der Waals surface area (Å²) < 4.78 is 1.03. The number of carbonyl (C=O) groups excluding carboxylic acids is 1. The van der Waals surface area contributed by atoms with E-state index in [2.05, 4.69) is 42.9 Å². The summed E-state index contributed by atoms with van der Waals surface area (Å²) >= 11 is 1.47. The van der Waals surface area contributed by atoms with E-state index >= 15 is 0 Å². The Labute approximate surface area is 140 Å². The second-order valence-corrected chi connectivity index (χ2v) is 8.56. The fourth-order valence-electron chi connectivity index (χ4n) is 3.07. The molecule has 0 atom stereocenters. The Kier molecular flexibility index (Phi) is 4.27. The highest BCUT2D eigenvalue weighted by Crippen LogP contribution is 2.31. The van der Waals surface area contributed by atoms with Gasteiger partial charge in [0.2, 0.25) is 5.91 Å². The first-order valence-electron chi connectivity index (χ1n) is 8.12. The van der Waals surface area contributed by atoms with E-state index in [-0.39, 0.29) is 11.3 Å². The lowest BCUT2D eigenvalue weighted by molar-refractivity contribution is -0.134. The molecule has 1 fully saturated rings. The van der Waals surface area contributed by atoms with Crippen molar-refractivity contribution < 1.29 is 4.79 Å². The van der Waals surface area contributed by atoms with Crippen molar-refractivity contribution in [2.45, 2.75) is 46.0 Å². The van der Waals surface area contributed by atoms with Gasteiger partial charge in [-0.2, -0.15) is 0 Å². The fourth-order valence-corrected chi connectivity index (χ4v) is 3.74. The normalized spacial score (nSPS) is 16.9. The van der Waals surface area contributed by atoms with Crippen molar-refractivity contribution in [3.63, 3.8) is 0 Å². The van der Waals surface area contributed by atoms with E-state index < -0.39 is 0 Å². The molecule has 0 aromatic carbocycles. The van der Waals surface area contributed by atoms with Gasteiger partial charge >= 0.3 is 0 Å². The number of likely N-dealkylation sites (tertiary alicyclic amines) is 1. The zero-order valence-electron chi connectivity index (χ0n) is 14.0. The number of fused-ring (bicyclic) bond motifs is 1. The summed E-state index contributed by atoms with van der Waals surface area (Å²) in [5.41, 5.74) is 7.61. The molecule has 0 radical (unpaired) electrons. The zero-order chi connectivity index (χ0) is 16.6. The predicted molar refractivity (Wildman–Crippen MR) is 94.5 cm³/mol. The molecule has 6 heteroatoms. The van der Waals surface area contributed by atoms with Gasteiger partial charge in [-0.3, -0.25) is 4.79 Å². The zero-order valence-corrected chi connectivity index (χ0v) is 14.8. The van der Waals surface area contributed by atoms with E-state index in [1.54, 1.807) is 0 Å². The van der Waals surface area contributed by atoms with E-state index in [9.17, 15) is 4.79 Å². The first-order valence-corrected chi connectivity index (χ1v) is 8.94. The van der Waals surface area contributed by atoms with Crippen LogP contribution >= 0.6 is 11.3 Å². The van der Waals surface area contributed by atoms with E-state index in [1.165, 1.54) is 11.3 Å². The number of nitrogens with two attached hydrogens (primary N) is 1. The van der Waals surface area contributed by atoms with Crippen molar-refractivity contribution >= 4 is 32.7 Å². The number of thiazole rings is 1.